The summed E-state index contributed by atoms with van der Waals surface area (Å²) >= 11 is 13.4. The van der Waals surface area contributed by atoms with Crippen LogP contribution in [0.5, 0.6) is 0 Å². The van der Waals surface area contributed by atoms with Crippen molar-refractivity contribution in [3.8, 4) is 0 Å². The summed E-state index contributed by atoms with van der Waals surface area (Å²) in [6.07, 6.45) is -6.02. The first kappa shape index (κ1) is 21.7. The molecule has 0 fully saturated rings. The van der Waals surface area contributed by atoms with Crippen molar-refractivity contribution in [1.82, 2.24) is 5.43 Å². The Balaban J connectivity index is 1.83. The molecule has 0 aliphatic heterocycles. The van der Waals surface area contributed by atoms with Crippen molar-refractivity contribution < 1.29 is 27.2 Å². The number of amides is 1. The van der Waals surface area contributed by atoms with E-state index in [0.29, 0.717) is 10.1 Å². The third-order valence-electron chi connectivity index (χ3n) is 3.59. The second-order valence-electron chi connectivity index (χ2n) is 5.59. The van der Waals surface area contributed by atoms with Gasteiger partial charge in [0, 0.05) is 10.1 Å². The highest BCUT2D eigenvalue weighted by Gasteiger charge is 2.38. The molecule has 0 spiro atoms. The topological polar surface area (TPSA) is 58.5 Å². The summed E-state index contributed by atoms with van der Waals surface area (Å²) in [5, 5.41) is 3.44. The number of hydrazone groups is 1. The number of ketones is 1. The summed E-state index contributed by atoms with van der Waals surface area (Å²) in [5.74, 6) is -2.40. The monoisotopic (exact) mass is 482 g/mol. The van der Waals surface area contributed by atoms with Crippen molar-refractivity contribution in [1.29, 1.82) is 0 Å². The third kappa shape index (κ3) is 4.95. The molecule has 4 nitrogen and oxygen atoms in total. The predicted octanol–water partition coefficient (Wildman–Crippen LogP) is 6.33. The molecular formula is C17H8Cl2F4N2O2S2. The van der Waals surface area contributed by atoms with Crippen LogP contribution in [0.4, 0.5) is 17.6 Å². The van der Waals surface area contributed by atoms with Gasteiger partial charge in [0.15, 0.2) is 5.78 Å². The molecule has 0 atom stereocenters. The van der Waals surface area contributed by atoms with Gasteiger partial charge in [0.2, 0.25) is 0 Å². The molecule has 0 bridgehead atoms. The van der Waals surface area contributed by atoms with Crippen molar-refractivity contribution in [2.75, 3.05) is 0 Å². The molecule has 0 unspecified atom stereocenters. The lowest BCUT2D eigenvalue weighted by molar-refractivity contribution is -0.0605. The Kier molecular flexibility index (Phi) is 6.27. The van der Waals surface area contributed by atoms with Crippen molar-refractivity contribution in [2.45, 2.75) is 12.6 Å². The maximum atomic E-state index is 13.3. The second-order valence-corrected chi connectivity index (χ2v) is 8.73. The van der Waals surface area contributed by atoms with Gasteiger partial charge in [-0.3, -0.25) is 9.59 Å². The van der Waals surface area contributed by atoms with Gasteiger partial charge in [0.1, 0.15) is 16.4 Å². The number of alkyl halides is 3. The van der Waals surface area contributed by atoms with Crippen LogP contribution in [-0.2, 0) is 0 Å². The number of benzene rings is 1. The van der Waals surface area contributed by atoms with Crippen molar-refractivity contribution >= 4 is 73.4 Å². The number of nitrogens with one attached hydrogen (secondary N) is 1. The molecule has 0 radical (unpaired) electrons. The Hall–Kier alpha value is -2.01. The molecule has 0 saturated carbocycles. The van der Waals surface area contributed by atoms with Crippen LogP contribution in [0.15, 0.2) is 35.4 Å². The van der Waals surface area contributed by atoms with Crippen molar-refractivity contribution in [3.63, 3.8) is 0 Å². The molecule has 0 aliphatic rings. The number of carbonyl (C=O) groups is 2. The molecule has 1 amide bonds. The van der Waals surface area contributed by atoms with E-state index in [1.165, 1.54) is 18.2 Å². The summed E-state index contributed by atoms with van der Waals surface area (Å²) in [5.41, 5.74) is 0.288. The van der Waals surface area contributed by atoms with Crippen LogP contribution in [0.1, 0.15) is 25.8 Å². The number of fused-ring (bicyclic) bond motifs is 1. The molecule has 152 valence electrons. The zero-order chi connectivity index (χ0) is 21.3. The summed E-state index contributed by atoms with van der Waals surface area (Å²) in [7, 11) is 0. The standard InChI is InChI=1S/C17H8Cl2F4N2O2S2/c18-13-4-3-10(28-13)9(26)6-12(17(21,22)23)24-25-16(27)15-14(19)8-2-1-7(20)5-11(8)29-15/h1-5H,6H2,(H,25,27). The second kappa shape index (κ2) is 8.39. The maximum absolute atomic E-state index is 13.3. The lowest BCUT2D eigenvalue weighted by Gasteiger charge is -2.09. The highest BCUT2D eigenvalue weighted by Crippen LogP contribution is 2.35. The van der Waals surface area contributed by atoms with Gasteiger partial charge in [-0.2, -0.15) is 18.3 Å². The van der Waals surface area contributed by atoms with Gasteiger partial charge >= 0.3 is 6.18 Å². The van der Waals surface area contributed by atoms with E-state index in [-0.39, 0.29) is 19.1 Å². The number of halogens is 6. The largest absolute Gasteiger partial charge is 0.431 e. The number of hydrogen-bond donors (Lipinski definition) is 1. The Morgan fingerprint density at radius 1 is 1.10 bits per heavy atom. The molecule has 29 heavy (non-hydrogen) atoms. The van der Waals surface area contributed by atoms with Crippen LogP contribution in [0.3, 0.4) is 0 Å². The molecule has 1 aromatic carbocycles. The average Bonchev–Trinajstić information content (AvgIpc) is 3.20. The molecule has 0 saturated heterocycles. The number of hydrogen-bond acceptors (Lipinski definition) is 5. The summed E-state index contributed by atoms with van der Waals surface area (Å²) in [6.45, 7) is 0. The minimum atomic E-state index is -4.95. The quantitative estimate of drug-likeness (QED) is 0.200. The lowest BCUT2D eigenvalue weighted by atomic mass is 10.1. The van der Waals surface area contributed by atoms with Crippen molar-refractivity contribution in [2.24, 2.45) is 5.10 Å². The van der Waals surface area contributed by atoms with E-state index in [4.69, 9.17) is 23.2 Å². The zero-order valence-corrected chi connectivity index (χ0v) is 17.1. The fraction of sp³-hybridized carbons (Fsp3) is 0.118. The average molecular weight is 483 g/mol. The van der Waals surface area contributed by atoms with Crippen LogP contribution in [-0.4, -0.2) is 23.6 Å². The lowest BCUT2D eigenvalue weighted by Crippen LogP contribution is -2.30. The van der Waals surface area contributed by atoms with E-state index in [9.17, 15) is 27.2 Å². The van der Waals surface area contributed by atoms with Crippen molar-refractivity contribution in [3.05, 3.63) is 55.3 Å². The van der Waals surface area contributed by atoms with Gasteiger partial charge in [0.25, 0.3) is 5.91 Å². The van der Waals surface area contributed by atoms with Crippen LogP contribution in [0.25, 0.3) is 10.1 Å². The van der Waals surface area contributed by atoms with Crippen LogP contribution >= 0.6 is 45.9 Å². The van der Waals surface area contributed by atoms with Gasteiger partial charge < -0.3 is 0 Å². The molecule has 2 heterocycles. The van der Waals surface area contributed by atoms with E-state index >= 15 is 0 Å². The smallest absolute Gasteiger partial charge is 0.293 e. The third-order valence-corrected chi connectivity index (χ3v) is 6.52. The van der Waals surface area contributed by atoms with Crippen LogP contribution in [0, 0.1) is 5.82 Å². The minimum Gasteiger partial charge on any atom is -0.293 e. The SMILES string of the molecule is O=C(CC(=NNC(=O)c1sc2cc(F)ccc2c1Cl)C(F)(F)F)c1ccc(Cl)s1. The van der Waals surface area contributed by atoms with Gasteiger partial charge in [-0.15, -0.1) is 22.7 Å². The van der Waals surface area contributed by atoms with E-state index in [0.717, 1.165) is 34.8 Å². The molecule has 0 aliphatic carbocycles. The van der Waals surface area contributed by atoms with E-state index in [1.807, 2.05) is 0 Å². The number of rotatable bonds is 5. The first-order valence-corrected chi connectivity index (χ1v) is 10.1. The fourth-order valence-electron chi connectivity index (χ4n) is 2.26. The predicted molar refractivity (Wildman–Crippen MR) is 106 cm³/mol. The van der Waals surface area contributed by atoms with E-state index in [2.05, 4.69) is 5.10 Å². The summed E-state index contributed by atoms with van der Waals surface area (Å²) < 4.78 is 53.6. The Morgan fingerprint density at radius 2 is 1.83 bits per heavy atom. The summed E-state index contributed by atoms with van der Waals surface area (Å²) in [6, 6.07) is 6.34. The number of nitrogens with zero attached hydrogens (tertiary/aromatic N) is 1. The van der Waals surface area contributed by atoms with Crippen LogP contribution < -0.4 is 5.43 Å². The highest BCUT2D eigenvalue weighted by atomic mass is 35.5. The van der Waals surface area contributed by atoms with Gasteiger partial charge in [0.05, 0.1) is 20.7 Å². The molecule has 12 heteroatoms. The maximum Gasteiger partial charge on any atom is 0.431 e. The van der Waals surface area contributed by atoms with E-state index < -0.39 is 35.8 Å². The van der Waals surface area contributed by atoms with E-state index in [1.54, 1.807) is 5.43 Å². The molecular weight excluding hydrogens is 475 g/mol. The molecule has 3 aromatic rings. The Morgan fingerprint density at radius 3 is 2.45 bits per heavy atom. The fourth-order valence-corrected chi connectivity index (χ4v) is 4.67. The Bertz CT molecular complexity index is 1140. The number of carbonyl (C=O) groups excluding carboxylic acids is 2. The summed E-state index contributed by atoms with van der Waals surface area (Å²) in [4.78, 5) is 24.2. The first-order valence-electron chi connectivity index (χ1n) is 7.66. The normalized spacial score (nSPS) is 12.4. The first-order chi connectivity index (χ1) is 13.6. The number of Topliss-reactive ketones (excluding diaryl/α,β-unsaturated/α-hetero) is 1. The van der Waals surface area contributed by atoms with Gasteiger partial charge in [-0.1, -0.05) is 23.2 Å². The molecule has 1 N–H and O–H groups in total. The van der Waals surface area contributed by atoms with Gasteiger partial charge in [-0.05, 0) is 30.3 Å². The Labute approximate surface area is 178 Å². The highest BCUT2D eigenvalue weighted by molar-refractivity contribution is 7.21. The molecule has 3 rings (SSSR count). The number of thiophene rings is 2. The zero-order valence-electron chi connectivity index (χ0n) is 13.9. The molecule has 2 aromatic heterocycles. The van der Waals surface area contributed by atoms with Crippen LogP contribution in [0.2, 0.25) is 9.36 Å². The van der Waals surface area contributed by atoms with Gasteiger partial charge in [-0.25, -0.2) is 9.82 Å². The minimum absolute atomic E-state index is 0.0319.